The van der Waals surface area contributed by atoms with Crippen LogP contribution in [-0.4, -0.2) is 53.0 Å². The van der Waals surface area contributed by atoms with Crippen molar-refractivity contribution in [2.45, 2.75) is 72.6 Å². The standard InChI is InChI=1S/C29H41N3O4S/c1-9-32(27(34)23(17-18-37-8)30-28(35)36-29(5,6)7)25(22-15-13-19(2)14-16-22)26(33)31-24-20(3)11-10-12-21(24)4/h10-16,23,25H,9,17-18H2,1-8H3,(H,30,35)(H,31,33). The van der Waals surface area contributed by atoms with Gasteiger partial charge in [0.1, 0.15) is 17.7 Å². The normalized spacial score (nSPS) is 12.9. The summed E-state index contributed by atoms with van der Waals surface area (Å²) in [6, 6.07) is 11.7. The van der Waals surface area contributed by atoms with Crippen LogP contribution in [0, 0.1) is 20.8 Å². The number of carbonyl (C=O) groups excluding carboxylic acids is 3. The van der Waals surface area contributed by atoms with E-state index in [1.165, 1.54) is 4.90 Å². The number of nitrogens with zero attached hydrogens (tertiary/aromatic N) is 1. The van der Waals surface area contributed by atoms with Gasteiger partial charge in [0, 0.05) is 12.2 Å². The molecule has 0 heterocycles. The van der Waals surface area contributed by atoms with Gasteiger partial charge in [0.25, 0.3) is 5.91 Å². The van der Waals surface area contributed by atoms with Crippen molar-refractivity contribution in [2.75, 3.05) is 23.9 Å². The summed E-state index contributed by atoms with van der Waals surface area (Å²) in [7, 11) is 0. The van der Waals surface area contributed by atoms with Crippen molar-refractivity contribution >= 4 is 35.4 Å². The minimum absolute atomic E-state index is 0.281. The molecule has 37 heavy (non-hydrogen) atoms. The van der Waals surface area contributed by atoms with E-state index >= 15 is 0 Å². The van der Waals surface area contributed by atoms with Gasteiger partial charge in [-0.15, -0.1) is 0 Å². The number of nitrogens with one attached hydrogen (secondary N) is 2. The van der Waals surface area contributed by atoms with E-state index in [0.29, 0.717) is 17.7 Å². The molecule has 2 atom stereocenters. The highest BCUT2D eigenvalue weighted by Crippen LogP contribution is 2.27. The van der Waals surface area contributed by atoms with E-state index in [4.69, 9.17) is 4.74 Å². The van der Waals surface area contributed by atoms with Gasteiger partial charge in [0.05, 0.1) is 0 Å². The first-order chi connectivity index (χ1) is 17.4. The molecule has 2 aromatic rings. The number of likely N-dealkylation sites (N-methyl/N-ethyl adjacent to an activating group) is 1. The molecule has 0 bridgehead atoms. The minimum Gasteiger partial charge on any atom is -0.444 e. The number of amides is 3. The van der Waals surface area contributed by atoms with Crippen LogP contribution < -0.4 is 10.6 Å². The number of aryl methyl sites for hydroxylation is 3. The van der Waals surface area contributed by atoms with Crippen molar-refractivity contribution < 1.29 is 19.1 Å². The maximum Gasteiger partial charge on any atom is 0.408 e. The van der Waals surface area contributed by atoms with Gasteiger partial charge in [-0.3, -0.25) is 9.59 Å². The van der Waals surface area contributed by atoms with Gasteiger partial charge in [-0.05, 0) is 83.6 Å². The molecule has 0 aliphatic rings. The molecule has 202 valence electrons. The highest BCUT2D eigenvalue weighted by molar-refractivity contribution is 7.98. The van der Waals surface area contributed by atoms with Crippen molar-refractivity contribution in [1.29, 1.82) is 0 Å². The minimum atomic E-state index is -0.880. The Labute approximate surface area is 225 Å². The number of rotatable bonds is 10. The zero-order valence-corrected chi connectivity index (χ0v) is 24.1. The highest BCUT2D eigenvalue weighted by Gasteiger charge is 2.35. The maximum absolute atomic E-state index is 13.9. The fraction of sp³-hybridized carbons (Fsp3) is 0.483. The molecule has 0 saturated carbocycles. The van der Waals surface area contributed by atoms with Gasteiger partial charge in [0.2, 0.25) is 5.91 Å². The Hall–Kier alpha value is -3.00. The predicted octanol–water partition coefficient (Wildman–Crippen LogP) is 5.79. The molecule has 0 saturated heterocycles. The summed E-state index contributed by atoms with van der Waals surface area (Å²) in [5.41, 5.74) is 3.67. The van der Waals surface area contributed by atoms with Crippen LogP contribution in [0.15, 0.2) is 42.5 Å². The summed E-state index contributed by atoms with van der Waals surface area (Å²) in [5, 5.41) is 5.81. The number of para-hydroxylation sites is 1. The first kappa shape index (κ1) is 30.2. The van der Waals surface area contributed by atoms with Gasteiger partial charge >= 0.3 is 6.09 Å². The third-order valence-corrected chi connectivity index (χ3v) is 6.55. The van der Waals surface area contributed by atoms with E-state index in [1.54, 1.807) is 32.5 Å². The molecule has 2 N–H and O–H groups in total. The fourth-order valence-corrected chi connectivity index (χ4v) is 4.50. The Morgan fingerprint density at radius 1 is 1.00 bits per heavy atom. The fourth-order valence-electron chi connectivity index (χ4n) is 4.03. The van der Waals surface area contributed by atoms with Crippen molar-refractivity contribution in [1.82, 2.24) is 10.2 Å². The van der Waals surface area contributed by atoms with Gasteiger partial charge in [0.15, 0.2) is 0 Å². The summed E-state index contributed by atoms with van der Waals surface area (Å²) < 4.78 is 5.42. The molecule has 0 radical (unpaired) electrons. The summed E-state index contributed by atoms with van der Waals surface area (Å²) in [4.78, 5) is 41.9. The van der Waals surface area contributed by atoms with Crippen LogP contribution in [0.5, 0.6) is 0 Å². The molecule has 2 aromatic carbocycles. The van der Waals surface area contributed by atoms with Crippen LogP contribution in [-0.2, 0) is 14.3 Å². The molecule has 8 heteroatoms. The first-order valence-corrected chi connectivity index (χ1v) is 14.0. The number of hydrogen-bond acceptors (Lipinski definition) is 5. The van der Waals surface area contributed by atoms with Gasteiger partial charge in [-0.2, -0.15) is 11.8 Å². The van der Waals surface area contributed by atoms with Gasteiger partial charge in [-0.25, -0.2) is 4.79 Å². The summed E-state index contributed by atoms with van der Waals surface area (Å²) in [5.74, 6) is 0.0232. The number of carbonyl (C=O) groups is 3. The second-order valence-electron chi connectivity index (χ2n) is 10.2. The number of thioether (sulfide) groups is 1. The lowest BCUT2D eigenvalue weighted by Gasteiger charge is -2.34. The Balaban J connectivity index is 2.46. The quantitative estimate of drug-likeness (QED) is 0.409. The molecule has 2 unspecified atom stereocenters. The summed E-state index contributed by atoms with van der Waals surface area (Å²) in [6.07, 6.45) is 1.70. The summed E-state index contributed by atoms with van der Waals surface area (Å²) in [6.45, 7) is 13.3. The van der Waals surface area contributed by atoms with E-state index in [0.717, 1.165) is 22.4 Å². The van der Waals surface area contributed by atoms with Crippen LogP contribution in [0.25, 0.3) is 0 Å². The van der Waals surface area contributed by atoms with E-state index in [-0.39, 0.29) is 18.4 Å². The highest BCUT2D eigenvalue weighted by atomic mass is 32.2. The molecule has 7 nitrogen and oxygen atoms in total. The number of anilines is 1. The lowest BCUT2D eigenvalue weighted by molar-refractivity contribution is -0.140. The molecule has 0 spiro atoms. The van der Waals surface area contributed by atoms with Crippen LogP contribution in [0.4, 0.5) is 10.5 Å². The van der Waals surface area contributed by atoms with E-state index in [2.05, 4.69) is 10.6 Å². The molecule has 0 aliphatic heterocycles. The number of hydrogen-bond donors (Lipinski definition) is 2. The van der Waals surface area contributed by atoms with Gasteiger partial charge in [-0.1, -0.05) is 48.0 Å². The number of alkyl carbamates (subject to hydrolysis) is 1. The lowest BCUT2D eigenvalue weighted by atomic mass is 10.0. The zero-order valence-electron chi connectivity index (χ0n) is 23.3. The van der Waals surface area contributed by atoms with Gasteiger partial charge < -0.3 is 20.3 Å². The molecule has 3 amide bonds. The Kier molecular flexibility index (Phi) is 11.0. The largest absolute Gasteiger partial charge is 0.444 e. The third-order valence-electron chi connectivity index (χ3n) is 5.91. The van der Waals surface area contributed by atoms with Crippen LogP contribution in [0.2, 0.25) is 0 Å². The molecular formula is C29H41N3O4S. The van der Waals surface area contributed by atoms with Crippen LogP contribution >= 0.6 is 11.8 Å². The van der Waals surface area contributed by atoms with Crippen molar-refractivity contribution in [2.24, 2.45) is 0 Å². The molecule has 0 aromatic heterocycles. The second-order valence-corrected chi connectivity index (χ2v) is 11.2. The smallest absolute Gasteiger partial charge is 0.408 e. The Morgan fingerprint density at radius 2 is 1.59 bits per heavy atom. The van der Waals surface area contributed by atoms with Crippen molar-refractivity contribution in [3.8, 4) is 0 Å². The zero-order chi connectivity index (χ0) is 27.8. The molecular weight excluding hydrogens is 486 g/mol. The molecule has 0 aliphatic carbocycles. The Bertz CT molecular complexity index is 1060. The number of ether oxygens (including phenoxy) is 1. The SMILES string of the molecule is CCN(C(=O)C(CCSC)NC(=O)OC(C)(C)C)C(C(=O)Nc1c(C)cccc1C)c1ccc(C)cc1. The van der Waals surface area contributed by atoms with E-state index in [9.17, 15) is 14.4 Å². The predicted molar refractivity (Wildman–Crippen MR) is 152 cm³/mol. The maximum atomic E-state index is 13.9. The van der Waals surface area contributed by atoms with Crippen molar-refractivity contribution in [3.63, 3.8) is 0 Å². The average molecular weight is 528 g/mol. The van der Waals surface area contributed by atoms with Crippen molar-refractivity contribution in [3.05, 3.63) is 64.7 Å². The average Bonchev–Trinajstić information content (AvgIpc) is 2.81. The second kappa shape index (κ2) is 13.5. The molecule has 2 rings (SSSR count). The van der Waals surface area contributed by atoms with E-state index < -0.39 is 23.8 Å². The third kappa shape index (κ3) is 8.81. The lowest BCUT2D eigenvalue weighted by Crippen LogP contribution is -2.52. The Morgan fingerprint density at radius 3 is 2.11 bits per heavy atom. The topological polar surface area (TPSA) is 87.7 Å². The monoisotopic (exact) mass is 527 g/mol. The summed E-state index contributed by atoms with van der Waals surface area (Å²) >= 11 is 1.58. The first-order valence-electron chi connectivity index (χ1n) is 12.6. The van der Waals surface area contributed by atoms with E-state index in [1.807, 2.05) is 76.4 Å². The van der Waals surface area contributed by atoms with Crippen LogP contribution in [0.3, 0.4) is 0 Å². The number of benzene rings is 2. The van der Waals surface area contributed by atoms with Crippen LogP contribution in [0.1, 0.15) is 62.4 Å². The molecule has 0 fully saturated rings.